The van der Waals surface area contributed by atoms with Gasteiger partial charge in [0.05, 0.1) is 17.3 Å². The third-order valence-electron chi connectivity index (χ3n) is 5.54. The van der Waals surface area contributed by atoms with E-state index in [4.69, 9.17) is 4.98 Å². The Labute approximate surface area is 132 Å². The molecule has 1 atom stereocenters. The number of fused-ring (bicyclic) bond motifs is 2. The highest BCUT2D eigenvalue weighted by Crippen LogP contribution is 2.54. The number of para-hydroxylation sites is 1. The largest absolute Gasteiger partial charge is 0.353 e. The fourth-order valence-corrected chi connectivity index (χ4v) is 4.55. The number of anilines is 1. The molecule has 4 rings (SSSR count). The van der Waals surface area contributed by atoms with Gasteiger partial charge in [-0.25, -0.2) is 9.97 Å². The zero-order valence-electron chi connectivity index (χ0n) is 13.4. The van der Waals surface area contributed by atoms with E-state index in [2.05, 4.69) is 48.0 Å². The number of aromatic nitrogens is 2. The van der Waals surface area contributed by atoms with E-state index in [1.807, 2.05) is 6.20 Å². The van der Waals surface area contributed by atoms with Crippen molar-refractivity contribution in [1.29, 1.82) is 0 Å². The summed E-state index contributed by atoms with van der Waals surface area (Å²) in [6.07, 6.45) is 10.1. The van der Waals surface area contributed by atoms with Gasteiger partial charge >= 0.3 is 0 Å². The maximum absolute atomic E-state index is 4.74. The van der Waals surface area contributed by atoms with Gasteiger partial charge in [-0.3, -0.25) is 0 Å². The minimum atomic E-state index is 0.0715. The van der Waals surface area contributed by atoms with Gasteiger partial charge in [0.15, 0.2) is 0 Å². The molecule has 2 aliphatic rings. The van der Waals surface area contributed by atoms with Crippen molar-refractivity contribution in [2.75, 3.05) is 4.90 Å². The molecule has 0 amide bonds. The van der Waals surface area contributed by atoms with Crippen LogP contribution in [0.3, 0.4) is 0 Å². The molecule has 1 aromatic heterocycles. The Kier molecular flexibility index (Phi) is 3.17. The second kappa shape index (κ2) is 5.08. The summed E-state index contributed by atoms with van der Waals surface area (Å²) in [5.41, 5.74) is 5.36. The highest BCUT2D eigenvalue weighted by molar-refractivity contribution is 5.62. The molecule has 2 aromatic rings. The van der Waals surface area contributed by atoms with Crippen LogP contribution in [0.1, 0.15) is 61.9 Å². The second-order valence-electron chi connectivity index (χ2n) is 6.75. The van der Waals surface area contributed by atoms with Crippen molar-refractivity contribution in [1.82, 2.24) is 9.97 Å². The molecule has 1 aromatic carbocycles. The lowest BCUT2D eigenvalue weighted by Crippen LogP contribution is -2.44. The summed E-state index contributed by atoms with van der Waals surface area (Å²) in [5, 5.41) is 0. The molecule has 22 heavy (non-hydrogen) atoms. The van der Waals surface area contributed by atoms with Crippen LogP contribution in [0.15, 0.2) is 36.8 Å². The Balaban J connectivity index is 1.92. The first kappa shape index (κ1) is 13.7. The summed E-state index contributed by atoms with van der Waals surface area (Å²) in [5.74, 6) is 0. The lowest BCUT2D eigenvalue weighted by Gasteiger charge is -2.45. The topological polar surface area (TPSA) is 29.0 Å². The van der Waals surface area contributed by atoms with E-state index in [0.29, 0.717) is 6.04 Å². The zero-order valence-corrected chi connectivity index (χ0v) is 13.4. The van der Waals surface area contributed by atoms with Gasteiger partial charge in [0, 0.05) is 17.4 Å². The first-order chi connectivity index (χ1) is 10.7. The SMILES string of the molecule is Cc1ccccc1N1[C@@H](C)c2cncnc2C12CCCCC2. The normalized spacial score (nSPS) is 22.8. The van der Waals surface area contributed by atoms with Crippen molar-refractivity contribution >= 4 is 5.69 Å². The maximum atomic E-state index is 4.74. The van der Waals surface area contributed by atoms with Crippen LogP contribution < -0.4 is 4.90 Å². The predicted octanol–water partition coefficient (Wildman–Crippen LogP) is 4.53. The van der Waals surface area contributed by atoms with Gasteiger partial charge in [0.1, 0.15) is 6.33 Å². The minimum absolute atomic E-state index is 0.0715. The summed E-state index contributed by atoms with van der Waals surface area (Å²) in [6, 6.07) is 9.10. The fraction of sp³-hybridized carbons (Fsp3) is 0.474. The molecule has 1 fully saturated rings. The molecule has 2 heterocycles. The molecule has 0 unspecified atom stereocenters. The van der Waals surface area contributed by atoms with E-state index in [0.717, 1.165) is 0 Å². The summed E-state index contributed by atoms with van der Waals surface area (Å²) in [4.78, 5) is 11.7. The molecular formula is C19H23N3. The standard InChI is InChI=1S/C19H23N3/c1-14-8-4-5-9-17(14)22-15(2)16-12-20-13-21-18(16)19(22)10-6-3-7-11-19/h4-5,8-9,12-13,15H,3,6-7,10-11H2,1-2H3/t15-/m0/s1. The monoisotopic (exact) mass is 293 g/mol. The average Bonchev–Trinajstić information content (AvgIpc) is 2.79. The number of benzene rings is 1. The lowest BCUT2D eigenvalue weighted by atomic mass is 9.78. The molecule has 3 nitrogen and oxygen atoms in total. The van der Waals surface area contributed by atoms with Crippen molar-refractivity contribution in [3.8, 4) is 0 Å². The average molecular weight is 293 g/mol. The minimum Gasteiger partial charge on any atom is -0.353 e. The smallest absolute Gasteiger partial charge is 0.115 e. The summed E-state index contributed by atoms with van der Waals surface area (Å²) in [7, 11) is 0. The molecular weight excluding hydrogens is 270 g/mol. The van der Waals surface area contributed by atoms with Crippen molar-refractivity contribution in [3.63, 3.8) is 0 Å². The zero-order chi connectivity index (χ0) is 15.2. The van der Waals surface area contributed by atoms with E-state index >= 15 is 0 Å². The fourth-order valence-electron chi connectivity index (χ4n) is 4.55. The van der Waals surface area contributed by atoms with Crippen LogP contribution in [-0.4, -0.2) is 9.97 Å². The predicted molar refractivity (Wildman–Crippen MR) is 88.9 cm³/mol. The molecule has 3 heteroatoms. The maximum Gasteiger partial charge on any atom is 0.115 e. The second-order valence-corrected chi connectivity index (χ2v) is 6.75. The summed E-state index contributed by atoms with van der Waals surface area (Å²) >= 11 is 0. The molecule has 0 radical (unpaired) electrons. The van der Waals surface area contributed by atoms with Crippen LogP contribution in [0, 0.1) is 6.92 Å². The Morgan fingerprint density at radius 3 is 2.68 bits per heavy atom. The summed E-state index contributed by atoms with van der Waals surface area (Å²) in [6.45, 7) is 4.52. The third-order valence-corrected chi connectivity index (χ3v) is 5.54. The highest BCUT2D eigenvalue weighted by Gasteiger charge is 2.50. The number of rotatable bonds is 1. The van der Waals surface area contributed by atoms with Crippen molar-refractivity contribution in [2.45, 2.75) is 57.5 Å². The Bertz CT molecular complexity index is 689. The number of hydrogen-bond acceptors (Lipinski definition) is 3. The van der Waals surface area contributed by atoms with E-state index in [1.165, 1.54) is 54.6 Å². The number of hydrogen-bond donors (Lipinski definition) is 0. The molecule has 0 saturated heterocycles. The molecule has 1 aliphatic carbocycles. The molecule has 114 valence electrons. The first-order valence-electron chi connectivity index (χ1n) is 8.39. The quantitative estimate of drug-likeness (QED) is 0.773. The van der Waals surface area contributed by atoms with E-state index < -0.39 is 0 Å². The van der Waals surface area contributed by atoms with E-state index in [1.54, 1.807) is 6.33 Å². The molecule has 0 N–H and O–H groups in total. The van der Waals surface area contributed by atoms with Crippen LogP contribution in [-0.2, 0) is 5.54 Å². The van der Waals surface area contributed by atoms with Crippen LogP contribution in [0.25, 0.3) is 0 Å². The van der Waals surface area contributed by atoms with Crippen LogP contribution >= 0.6 is 0 Å². The van der Waals surface area contributed by atoms with Gasteiger partial charge in [0.25, 0.3) is 0 Å². The van der Waals surface area contributed by atoms with Gasteiger partial charge < -0.3 is 4.90 Å². The van der Waals surface area contributed by atoms with Gasteiger partial charge in [-0.05, 0) is 38.3 Å². The van der Waals surface area contributed by atoms with Gasteiger partial charge in [-0.1, -0.05) is 37.5 Å². The van der Waals surface area contributed by atoms with Gasteiger partial charge in [-0.2, -0.15) is 0 Å². The van der Waals surface area contributed by atoms with E-state index in [9.17, 15) is 0 Å². The van der Waals surface area contributed by atoms with Gasteiger partial charge in [-0.15, -0.1) is 0 Å². The van der Waals surface area contributed by atoms with Gasteiger partial charge in [0.2, 0.25) is 0 Å². The summed E-state index contributed by atoms with van der Waals surface area (Å²) < 4.78 is 0. The first-order valence-corrected chi connectivity index (χ1v) is 8.39. The highest BCUT2D eigenvalue weighted by atomic mass is 15.3. The van der Waals surface area contributed by atoms with Crippen molar-refractivity contribution in [3.05, 3.63) is 53.6 Å². The van der Waals surface area contributed by atoms with Crippen LogP contribution in [0.4, 0.5) is 5.69 Å². The van der Waals surface area contributed by atoms with Crippen molar-refractivity contribution < 1.29 is 0 Å². The Morgan fingerprint density at radius 2 is 1.91 bits per heavy atom. The molecule has 0 bridgehead atoms. The Hall–Kier alpha value is -1.90. The third kappa shape index (κ3) is 1.81. The van der Waals surface area contributed by atoms with Crippen LogP contribution in [0.5, 0.6) is 0 Å². The van der Waals surface area contributed by atoms with Crippen LogP contribution in [0.2, 0.25) is 0 Å². The molecule has 1 aliphatic heterocycles. The lowest BCUT2D eigenvalue weighted by molar-refractivity contribution is 0.278. The molecule has 1 saturated carbocycles. The molecule has 1 spiro atoms. The van der Waals surface area contributed by atoms with E-state index in [-0.39, 0.29) is 5.54 Å². The Morgan fingerprint density at radius 1 is 1.14 bits per heavy atom. The van der Waals surface area contributed by atoms with Crippen molar-refractivity contribution in [2.24, 2.45) is 0 Å². The number of nitrogens with zero attached hydrogens (tertiary/aromatic N) is 3. The number of aryl methyl sites for hydroxylation is 1.